The molecular weight excluding hydrogens is 570 g/mol. The molecule has 0 aliphatic carbocycles. The minimum Gasteiger partial charge on any atom is -0.352 e. The summed E-state index contributed by atoms with van der Waals surface area (Å²) >= 11 is 6.18. The highest BCUT2D eigenvalue weighted by molar-refractivity contribution is 7.92. The Morgan fingerprint density at radius 1 is 0.952 bits per heavy atom. The molecule has 0 fully saturated rings. The first-order valence-electron chi connectivity index (χ1n) is 14.3. The second-order valence-electron chi connectivity index (χ2n) is 10.9. The topological polar surface area (TPSA) is 86.8 Å². The van der Waals surface area contributed by atoms with E-state index in [4.69, 9.17) is 11.6 Å². The highest BCUT2D eigenvalue weighted by Crippen LogP contribution is 2.27. The Labute approximate surface area is 255 Å². The quantitative estimate of drug-likeness (QED) is 0.240. The van der Waals surface area contributed by atoms with Crippen molar-refractivity contribution in [3.05, 3.63) is 100 Å². The number of nitrogens with zero attached hydrogens (tertiary/aromatic N) is 2. The maximum atomic E-state index is 14.0. The summed E-state index contributed by atoms with van der Waals surface area (Å²) in [5.74, 6) is -0.423. The van der Waals surface area contributed by atoms with Gasteiger partial charge in [0.1, 0.15) is 6.04 Å². The number of halogens is 1. The average molecular weight is 612 g/mol. The maximum Gasteiger partial charge on any atom is 0.243 e. The van der Waals surface area contributed by atoms with E-state index >= 15 is 0 Å². The minimum absolute atomic E-state index is 0.0450. The van der Waals surface area contributed by atoms with Gasteiger partial charge in [-0.3, -0.25) is 13.9 Å². The Hall–Kier alpha value is -3.36. The SMILES string of the molecule is CCC(C)NC(=O)C(Cc1ccccc1)N(Cc1ccc(C)cc1)C(=O)CCCN(c1cc(Cl)ccc1C)S(C)(=O)=O. The van der Waals surface area contributed by atoms with Crippen molar-refractivity contribution in [1.29, 1.82) is 0 Å². The van der Waals surface area contributed by atoms with E-state index in [1.165, 1.54) is 4.31 Å². The number of rotatable bonds is 14. The van der Waals surface area contributed by atoms with Gasteiger partial charge in [0, 0.05) is 37.0 Å². The molecule has 0 saturated heterocycles. The normalized spacial score (nSPS) is 12.8. The van der Waals surface area contributed by atoms with Crippen LogP contribution in [0.5, 0.6) is 0 Å². The lowest BCUT2D eigenvalue weighted by Crippen LogP contribution is -2.52. The number of carbonyl (C=O) groups is 2. The summed E-state index contributed by atoms with van der Waals surface area (Å²) in [6.07, 6.45) is 2.61. The Bertz CT molecular complexity index is 1450. The summed E-state index contributed by atoms with van der Waals surface area (Å²) < 4.78 is 26.8. The van der Waals surface area contributed by atoms with Crippen molar-refractivity contribution in [1.82, 2.24) is 10.2 Å². The summed E-state index contributed by atoms with van der Waals surface area (Å²) in [5.41, 5.74) is 4.22. The van der Waals surface area contributed by atoms with Gasteiger partial charge in [-0.1, -0.05) is 84.8 Å². The average Bonchev–Trinajstić information content (AvgIpc) is 2.95. The molecule has 0 aromatic heterocycles. The van der Waals surface area contributed by atoms with Crippen LogP contribution in [0.25, 0.3) is 0 Å². The van der Waals surface area contributed by atoms with Gasteiger partial charge in [0.25, 0.3) is 0 Å². The summed E-state index contributed by atoms with van der Waals surface area (Å²) in [6.45, 7) is 8.13. The predicted molar refractivity (Wildman–Crippen MR) is 171 cm³/mol. The van der Waals surface area contributed by atoms with Gasteiger partial charge in [0.15, 0.2) is 0 Å². The smallest absolute Gasteiger partial charge is 0.243 e. The summed E-state index contributed by atoms with van der Waals surface area (Å²) in [7, 11) is -3.63. The first kappa shape index (κ1) is 33.1. The third kappa shape index (κ3) is 9.60. The molecule has 42 heavy (non-hydrogen) atoms. The predicted octanol–water partition coefficient (Wildman–Crippen LogP) is 6.06. The van der Waals surface area contributed by atoms with Crippen molar-refractivity contribution in [2.45, 2.75) is 72.0 Å². The third-order valence-corrected chi connectivity index (χ3v) is 8.75. The molecule has 0 aliphatic heterocycles. The van der Waals surface area contributed by atoms with Crippen LogP contribution in [0, 0.1) is 13.8 Å². The molecule has 0 spiro atoms. The second kappa shape index (κ2) is 15.2. The zero-order valence-corrected chi connectivity index (χ0v) is 26.7. The molecule has 2 amide bonds. The van der Waals surface area contributed by atoms with Crippen LogP contribution < -0.4 is 9.62 Å². The highest BCUT2D eigenvalue weighted by atomic mass is 35.5. The molecule has 0 aliphatic rings. The van der Waals surface area contributed by atoms with Crippen LogP contribution in [-0.2, 0) is 32.6 Å². The molecule has 2 unspecified atom stereocenters. The number of hydrogen-bond donors (Lipinski definition) is 1. The molecule has 226 valence electrons. The molecule has 2 atom stereocenters. The number of amides is 2. The zero-order valence-electron chi connectivity index (χ0n) is 25.1. The van der Waals surface area contributed by atoms with E-state index in [1.54, 1.807) is 23.1 Å². The number of carbonyl (C=O) groups excluding carboxylic acids is 2. The largest absolute Gasteiger partial charge is 0.352 e. The standard InChI is InChI=1S/C33H42ClN3O4S/c1-6-26(4)35-33(39)31(21-27-11-8-7-9-12-27)36(23-28-17-14-24(2)15-18-28)32(38)13-10-20-37(42(5,40)41)30-22-29(34)19-16-25(30)3/h7-9,11-12,14-19,22,26,31H,6,10,13,20-21,23H2,1-5H3,(H,35,39). The molecular formula is C33H42ClN3O4S. The monoisotopic (exact) mass is 611 g/mol. The number of hydrogen-bond acceptors (Lipinski definition) is 4. The van der Waals surface area contributed by atoms with Crippen LogP contribution in [0.2, 0.25) is 5.02 Å². The van der Waals surface area contributed by atoms with Crippen molar-refractivity contribution in [2.24, 2.45) is 0 Å². The van der Waals surface area contributed by atoms with Gasteiger partial charge in [-0.15, -0.1) is 0 Å². The molecule has 9 heteroatoms. The Morgan fingerprint density at radius 2 is 1.62 bits per heavy atom. The van der Waals surface area contributed by atoms with Gasteiger partial charge in [0.05, 0.1) is 11.9 Å². The lowest BCUT2D eigenvalue weighted by atomic mass is 10.0. The Balaban J connectivity index is 1.90. The van der Waals surface area contributed by atoms with E-state index in [-0.39, 0.29) is 43.8 Å². The summed E-state index contributed by atoms with van der Waals surface area (Å²) in [4.78, 5) is 29.3. The summed E-state index contributed by atoms with van der Waals surface area (Å²) in [6, 6.07) is 21.9. The van der Waals surface area contributed by atoms with Crippen molar-refractivity contribution >= 4 is 39.1 Å². The number of benzene rings is 3. The van der Waals surface area contributed by atoms with Gasteiger partial charge >= 0.3 is 0 Å². The van der Waals surface area contributed by atoms with Crippen LogP contribution in [0.3, 0.4) is 0 Å². The molecule has 3 rings (SSSR count). The van der Waals surface area contributed by atoms with E-state index in [1.807, 2.05) is 82.3 Å². The number of anilines is 1. The van der Waals surface area contributed by atoms with E-state index in [9.17, 15) is 18.0 Å². The number of nitrogens with one attached hydrogen (secondary N) is 1. The molecule has 1 N–H and O–H groups in total. The van der Waals surface area contributed by atoms with Gasteiger partial charge in [-0.25, -0.2) is 8.42 Å². The van der Waals surface area contributed by atoms with Gasteiger partial charge in [-0.2, -0.15) is 0 Å². The third-order valence-electron chi connectivity index (χ3n) is 7.34. The molecule has 3 aromatic carbocycles. The molecule has 0 saturated carbocycles. The van der Waals surface area contributed by atoms with Crippen LogP contribution >= 0.6 is 11.6 Å². The number of aryl methyl sites for hydroxylation is 2. The van der Waals surface area contributed by atoms with Crippen molar-refractivity contribution in [3.63, 3.8) is 0 Å². The van der Waals surface area contributed by atoms with E-state index in [0.29, 0.717) is 17.1 Å². The first-order valence-corrected chi connectivity index (χ1v) is 16.5. The molecule has 0 bridgehead atoms. The van der Waals surface area contributed by atoms with Crippen LogP contribution in [0.1, 0.15) is 55.4 Å². The Morgan fingerprint density at radius 3 is 2.24 bits per heavy atom. The van der Waals surface area contributed by atoms with Crippen LogP contribution in [0.15, 0.2) is 72.8 Å². The van der Waals surface area contributed by atoms with Gasteiger partial charge in [-0.05, 0) is 62.4 Å². The maximum absolute atomic E-state index is 14.0. The van der Waals surface area contributed by atoms with Crippen molar-refractivity contribution in [3.8, 4) is 0 Å². The fourth-order valence-electron chi connectivity index (χ4n) is 4.72. The zero-order chi connectivity index (χ0) is 30.9. The second-order valence-corrected chi connectivity index (χ2v) is 13.2. The fourth-order valence-corrected chi connectivity index (χ4v) is 5.90. The van der Waals surface area contributed by atoms with Crippen molar-refractivity contribution in [2.75, 3.05) is 17.1 Å². The summed E-state index contributed by atoms with van der Waals surface area (Å²) in [5, 5.41) is 3.51. The van der Waals surface area contributed by atoms with Gasteiger partial charge < -0.3 is 10.2 Å². The lowest BCUT2D eigenvalue weighted by molar-refractivity contribution is -0.141. The fraction of sp³-hybridized carbons (Fsp3) is 0.394. The van der Waals surface area contributed by atoms with Gasteiger partial charge in [0.2, 0.25) is 21.8 Å². The molecule has 0 radical (unpaired) electrons. The Kier molecular flexibility index (Phi) is 12.0. The van der Waals surface area contributed by atoms with Crippen LogP contribution in [0.4, 0.5) is 5.69 Å². The molecule has 3 aromatic rings. The lowest BCUT2D eigenvalue weighted by Gasteiger charge is -2.33. The number of sulfonamides is 1. The van der Waals surface area contributed by atoms with Crippen LogP contribution in [-0.4, -0.2) is 50.0 Å². The van der Waals surface area contributed by atoms with Crippen molar-refractivity contribution < 1.29 is 18.0 Å². The highest BCUT2D eigenvalue weighted by Gasteiger charge is 2.31. The molecule has 7 nitrogen and oxygen atoms in total. The molecule has 0 heterocycles. The first-order chi connectivity index (χ1) is 19.9. The minimum atomic E-state index is -3.63. The van der Waals surface area contributed by atoms with E-state index in [0.717, 1.165) is 34.9 Å². The van der Waals surface area contributed by atoms with E-state index < -0.39 is 16.1 Å². The van der Waals surface area contributed by atoms with E-state index in [2.05, 4.69) is 5.32 Å².